The lowest BCUT2D eigenvalue weighted by Gasteiger charge is -2.31. The summed E-state index contributed by atoms with van der Waals surface area (Å²) in [6, 6.07) is 2.79. The maximum atomic E-state index is 5.93. The molecule has 1 aliphatic carbocycles. The van der Waals surface area contributed by atoms with Gasteiger partial charge in [-0.25, -0.2) is 4.98 Å². The highest BCUT2D eigenvalue weighted by atomic mass is 15.2. The standard InChI is InChI=1S/C15H25N3/c1-4-18(13-7-5-6-8-13)15-14(10-16)11(2)9-12(3)17-15/h9,13H,4-8,10,16H2,1-3H3. The zero-order chi connectivity index (χ0) is 13.1. The molecule has 0 unspecified atom stereocenters. The van der Waals surface area contributed by atoms with E-state index in [1.54, 1.807) is 0 Å². The lowest BCUT2D eigenvalue weighted by molar-refractivity contribution is 0.609. The first kappa shape index (κ1) is 13.3. The number of nitrogens with zero attached hydrogens (tertiary/aromatic N) is 2. The van der Waals surface area contributed by atoms with Crippen LogP contribution in [-0.2, 0) is 6.54 Å². The topological polar surface area (TPSA) is 42.2 Å². The van der Waals surface area contributed by atoms with Crippen molar-refractivity contribution >= 4 is 5.82 Å². The minimum absolute atomic E-state index is 0.581. The van der Waals surface area contributed by atoms with Crippen molar-refractivity contribution in [2.45, 2.75) is 59.0 Å². The van der Waals surface area contributed by atoms with Crippen molar-refractivity contribution < 1.29 is 0 Å². The van der Waals surface area contributed by atoms with E-state index in [1.807, 2.05) is 0 Å². The molecule has 3 nitrogen and oxygen atoms in total. The molecule has 2 rings (SSSR count). The van der Waals surface area contributed by atoms with E-state index in [4.69, 9.17) is 10.7 Å². The minimum Gasteiger partial charge on any atom is -0.354 e. The Morgan fingerprint density at radius 2 is 2.00 bits per heavy atom. The van der Waals surface area contributed by atoms with Crippen LogP contribution in [0.15, 0.2) is 6.07 Å². The molecule has 0 spiro atoms. The van der Waals surface area contributed by atoms with E-state index in [9.17, 15) is 0 Å². The van der Waals surface area contributed by atoms with E-state index < -0.39 is 0 Å². The van der Waals surface area contributed by atoms with Crippen molar-refractivity contribution in [1.82, 2.24) is 4.98 Å². The Kier molecular flexibility index (Phi) is 4.23. The molecule has 0 aromatic carbocycles. The zero-order valence-electron chi connectivity index (χ0n) is 11.9. The number of nitrogens with two attached hydrogens (primary N) is 1. The Bertz CT molecular complexity index is 408. The van der Waals surface area contributed by atoms with Gasteiger partial charge in [-0.2, -0.15) is 0 Å². The monoisotopic (exact) mass is 247 g/mol. The average Bonchev–Trinajstić information content (AvgIpc) is 2.83. The summed E-state index contributed by atoms with van der Waals surface area (Å²) in [4.78, 5) is 7.23. The highest BCUT2D eigenvalue weighted by Gasteiger charge is 2.24. The van der Waals surface area contributed by atoms with Crippen molar-refractivity contribution in [3.8, 4) is 0 Å². The molecule has 0 aliphatic heterocycles. The third-order valence-corrected chi connectivity index (χ3v) is 4.04. The van der Waals surface area contributed by atoms with Gasteiger partial charge in [-0.05, 0) is 45.2 Å². The first-order chi connectivity index (χ1) is 8.67. The molecule has 1 fully saturated rings. The highest BCUT2D eigenvalue weighted by Crippen LogP contribution is 2.30. The van der Waals surface area contributed by atoms with Gasteiger partial charge in [0, 0.05) is 30.4 Å². The molecule has 3 heteroatoms. The Hall–Kier alpha value is -1.09. The van der Waals surface area contributed by atoms with E-state index in [1.165, 1.54) is 36.8 Å². The van der Waals surface area contributed by atoms with Crippen LogP contribution in [0.25, 0.3) is 0 Å². The summed E-state index contributed by atoms with van der Waals surface area (Å²) in [5, 5.41) is 0. The molecular formula is C15H25N3. The molecule has 0 bridgehead atoms. The summed E-state index contributed by atoms with van der Waals surface area (Å²) in [7, 11) is 0. The quantitative estimate of drug-likeness (QED) is 0.889. The van der Waals surface area contributed by atoms with Crippen LogP contribution in [0.2, 0.25) is 0 Å². The normalized spacial score (nSPS) is 16.2. The zero-order valence-corrected chi connectivity index (χ0v) is 11.9. The lowest BCUT2D eigenvalue weighted by atomic mass is 10.1. The molecule has 0 radical (unpaired) electrons. The smallest absolute Gasteiger partial charge is 0.133 e. The Morgan fingerprint density at radius 1 is 1.33 bits per heavy atom. The molecule has 0 saturated heterocycles. The van der Waals surface area contributed by atoms with Gasteiger partial charge < -0.3 is 10.6 Å². The first-order valence-corrected chi connectivity index (χ1v) is 7.11. The number of aromatic nitrogens is 1. The Morgan fingerprint density at radius 3 is 2.56 bits per heavy atom. The van der Waals surface area contributed by atoms with E-state index in [0.29, 0.717) is 12.6 Å². The molecule has 2 N–H and O–H groups in total. The number of hydrogen-bond donors (Lipinski definition) is 1. The summed E-state index contributed by atoms with van der Waals surface area (Å²) in [5.74, 6) is 1.13. The van der Waals surface area contributed by atoms with Gasteiger partial charge in [0.05, 0.1) is 0 Å². The molecule has 1 aliphatic rings. The summed E-state index contributed by atoms with van der Waals surface area (Å²) < 4.78 is 0. The van der Waals surface area contributed by atoms with Gasteiger partial charge in [-0.15, -0.1) is 0 Å². The average molecular weight is 247 g/mol. The van der Waals surface area contributed by atoms with E-state index in [-0.39, 0.29) is 0 Å². The second kappa shape index (κ2) is 5.70. The van der Waals surface area contributed by atoms with Crippen LogP contribution in [0, 0.1) is 13.8 Å². The predicted octanol–water partition coefficient (Wildman–Crippen LogP) is 2.93. The molecule has 1 saturated carbocycles. The molecule has 1 aromatic heterocycles. The van der Waals surface area contributed by atoms with Gasteiger partial charge in [0.2, 0.25) is 0 Å². The fourth-order valence-corrected chi connectivity index (χ4v) is 3.13. The van der Waals surface area contributed by atoms with Gasteiger partial charge in [0.25, 0.3) is 0 Å². The SMILES string of the molecule is CCN(c1nc(C)cc(C)c1CN)C1CCCC1. The highest BCUT2D eigenvalue weighted by molar-refractivity contribution is 5.52. The van der Waals surface area contributed by atoms with Gasteiger partial charge in [0.1, 0.15) is 5.82 Å². The Labute approximate surface area is 110 Å². The number of hydrogen-bond acceptors (Lipinski definition) is 3. The number of rotatable bonds is 4. The third kappa shape index (κ3) is 2.51. The van der Waals surface area contributed by atoms with Crippen LogP contribution in [0.4, 0.5) is 5.82 Å². The predicted molar refractivity (Wildman–Crippen MR) is 76.9 cm³/mol. The second-order valence-corrected chi connectivity index (χ2v) is 5.31. The summed E-state index contributed by atoms with van der Waals surface area (Å²) in [5.41, 5.74) is 9.51. The minimum atomic E-state index is 0.581. The van der Waals surface area contributed by atoms with Crippen LogP contribution in [-0.4, -0.2) is 17.6 Å². The molecule has 1 aromatic rings. The molecule has 0 atom stereocenters. The molecule has 0 amide bonds. The van der Waals surface area contributed by atoms with E-state index >= 15 is 0 Å². The number of pyridine rings is 1. The summed E-state index contributed by atoms with van der Waals surface area (Å²) >= 11 is 0. The van der Waals surface area contributed by atoms with Crippen LogP contribution >= 0.6 is 0 Å². The van der Waals surface area contributed by atoms with Crippen LogP contribution in [0.3, 0.4) is 0 Å². The van der Waals surface area contributed by atoms with Crippen LogP contribution < -0.4 is 10.6 Å². The summed E-state index contributed by atoms with van der Waals surface area (Å²) in [6.07, 6.45) is 5.30. The Balaban J connectivity index is 2.39. The van der Waals surface area contributed by atoms with Crippen molar-refractivity contribution in [1.29, 1.82) is 0 Å². The van der Waals surface area contributed by atoms with Crippen LogP contribution in [0.5, 0.6) is 0 Å². The number of aryl methyl sites for hydroxylation is 2. The fourth-order valence-electron chi connectivity index (χ4n) is 3.13. The van der Waals surface area contributed by atoms with Crippen molar-refractivity contribution in [2.75, 3.05) is 11.4 Å². The van der Waals surface area contributed by atoms with Crippen LogP contribution in [0.1, 0.15) is 49.4 Å². The fraction of sp³-hybridized carbons (Fsp3) is 0.667. The van der Waals surface area contributed by atoms with Gasteiger partial charge in [-0.3, -0.25) is 0 Å². The van der Waals surface area contributed by atoms with E-state index in [0.717, 1.165) is 18.1 Å². The van der Waals surface area contributed by atoms with Gasteiger partial charge >= 0.3 is 0 Å². The summed E-state index contributed by atoms with van der Waals surface area (Å²) in [6.45, 7) is 8.03. The van der Waals surface area contributed by atoms with Crippen molar-refractivity contribution in [3.63, 3.8) is 0 Å². The number of anilines is 1. The lowest BCUT2D eigenvalue weighted by Crippen LogP contribution is -2.35. The maximum absolute atomic E-state index is 5.93. The van der Waals surface area contributed by atoms with Crippen molar-refractivity contribution in [2.24, 2.45) is 5.73 Å². The van der Waals surface area contributed by atoms with E-state index in [2.05, 4.69) is 31.7 Å². The third-order valence-electron chi connectivity index (χ3n) is 4.04. The van der Waals surface area contributed by atoms with Gasteiger partial charge in [0.15, 0.2) is 0 Å². The van der Waals surface area contributed by atoms with Gasteiger partial charge in [-0.1, -0.05) is 12.8 Å². The largest absolute Gasteiger partial charge is 0.354 e. The van der Waals surface area contributed by atoms with Crippen molar-refractivity contribution in [3.05, 3.63) is 22.9 Å². The second-order valence-electron chi connectivity index (χ2n) is 5.31. The molecule has 100 valence electrons. The molecule has 1 heterocycles. The molecule has 18 heavy (non-hydrogen) atoms. The maximum Gasteiger partial charge on any atom is 0.133 e. The molecular weight excluding hydrogens is 222 g/mol. The first-order valence-electron chi connectivity index (χ1n) is 7.11.